The lowest BCUT2D eigenvalue weighted by Gasteiger charge is -2.40. The second-order valence-corrected chi connectivity index (χ2v) is 19.3. The maximum atomic E-state index is 12.9. The summed E-state index contributed by atoms with van der Waals surface area (Å²) in [6, 6.07) is 0. The van der Waals surface area contributed by atoms with Crippen molar-refractivity contribution in [1.29, 1.82) is 0 Å². The minimum atomic E-state index is -4.60. The van der Waals surface area contributed by atoms with E-state index < -0.39 is 71.2 Å². The van der Waals surface area contributed by atoms with E-state index in [1.807, 2.05) is 0 Å². The SMILES string of the molecule is CCCCCCCCCCCCCCCCCCCCCC(=O)O[C@H](COC(=O)CCCCCCCCCCCCCCCC)CO[C@H]1O[C@H](CS(=O)(=O)O)[C@@H](O)C(O)C1O. The fraction of sp³-hybridized carbons (Fsp3) is 0.958. The molecule has 1 fully saturated rings. The van der Waals surface area contributed by atoms with Gasteiger partial charge in [0.2, 0.25) is 0 Å². The quantitative estimate of drug-likeness (QED) is 0.0258. The predicted molar refractivity (Wildman–Crippen MR) is 243 cm³/mol. The lowest BCUT2D eigenvalue weighted by Crippen LogP contribution is -2.60. The Labute approximate surface area is 372 Å². The van der Waals surface area contributed by atoms with Crippen LogP contribution >= 0.6 is 0 Å². The van der Waals surface area contributed by atoms with E-state index in [1.165, 1.54) is 161 Å². The molecule has 0 bridgehead atoms. The van der Waals surface area contributed by atoms with Crippen LogP contribution in [0.5, 0.6) is 0 Å². The standard InChI is InChI=1S/C48H92O12S/c1-3-5-7-9-11-13-15-17-19-20-21-22-23-25-27-29-31-33-35-37-44(50)59-41(39-58-48-47(53)46(52)45(51)42(60-48)40-61(54,55)56)38-57-43(49)36-34-32-30-28-26-24-18-16-14-12-10-8-6-4-2/h41-42,45-48,51-53H,3-40H2,1-2H3,(H,54,55,56)/t41-,42-,45-,46?,47?,48+/m1/s1. The first-order valence-electron chi connectivity index (χ1n) is 25.1. The van der Waals surface area contributed by atoms with E-state index in [0.29, 0.717) is 12.8 Å². The molecule has 1 saturated heterocycles. The van der Waals surface area contributed by atoms with Gasteiger partial charge in [0.05, 0.1) is 6.61 Å². The number of esters is 2. The van der Waals surface area contributed by atoms with E-state index in [-0.39, 0.29) is 19.4 Å². The third-order valence-electron chi connectivity index (χ3n) is 11.9. The van der Waals surface area contributed by atoms with Crippen LogP contribution in [-0.4, -0.2) is 96.0 Å². The Morgan fingerprint density at radius 3 is 1.20 bits per heavy atom. The van der Waals surface area contributed by atoms with Crippen LogP contribution in [0.4, 0.5) is 0 Å². The highest BCUT2D eigenvalue weighted by Gasteiger charge is 2.46. The molecule has 0 amide bonds. The highest BCUT2D eigenvalue weighted by atomic mass is 32.2. The van der Waals surface area contributed by atoms with Gasteiger partial charge in [-0.3, -0.25) is 14.1 Å². The molecule has 13 heteroatoms. The number of aliphatic hydroxyl groups excluding tert-OH is 3. The van der Waals surface area contributed by atoms with Crippen LogP contribution in [-0.2, 0) is 38.7 Å². The van der Waals surface area contributed by atoms with Gasteiger partial charge in [0, 0.05) is 12.8 Å². The summed E-state index contributed by atoms with van der Waals surface area (Å²) < 4.78 is 54.2. The zero-order chi connectivity index (χ0) is 44.8. The maximum absolute atomic E-state index is 12.9. The second kappa shape index (κ2) is 39.1. The largest absolute Gasteiger partial charge is 0.462 e. The van der Waals surface area contributed by atoms with Crippen molar-refractivity contribution in [3.63, 3.8) is 0 Å². The molecule has 0 spiro atoms. The lowest BCUT2D eigenvalue weighted by molar-refractivity contribution is -0.297. The van der Waals surface area contributed by atoms with Crippen LogP contribution < -0.4 is 0 Å². The number of carbonyl (C=O) groups excluding carboxylic acids is 2. The summed E-state index contributed by atoms with van der Waals surface area (Å²) in [7, 11) is -4.60. The molecular weight excluding hydrogens is 801 g/mol. The van der Waals surface area contributed by atoms with Gasteiger partial charge < -0.3 is 34.3 Å². The molecule has 0 radical (unpaired) electrons. The molecule has 0 aliphatic carbocycles. The topological polar surface area (TPSA) is 186 Å². The average molecular weight is 893 g/mol. The van der Waals surface area contributed by atoms with Gasteiger partial charge in [0.1, 0.15) is 36.8 Å². The third kappa shape index (κ3) is 33.8. The van der Waals surface area contributed by atoms with E-state index in [0.717, 1.165) is 38.5 Å². The fourth-order valence-electron chi connectivity index (χ4n) is 8.03. The molecule has 1 heterocycles. The highest BCUT2D eigenvalue weighted by Crippen LogP contribution is 2.24. The zero-order valence-electron chi connectivity index (χ0n) is 38.8. The fourth-order valence-corrected chi connectivity index (χ4v) is 8.72. The van der Waals surface area contributed by atoms with E-state index in [4.69, 9.17) is 18.9 Å². The first-order valence-corrected chi connectivity index (χ1v) is 26.7. The van der Waals surface area contributed by atoms with Crippen molar-refractivity contribution in [2.45, 2.75) is 275 Å². The normalized spacial score (nSPS) is 19.9. The molecule has 0 aromatic rings. The molecule has 61 heavy (non-hydrogen) atoms. The Kier molecular flexibility index (Phi) is 36.9. The van der Waals surface area contributed by atoms with E-state index >= 15 is 0 Å². The number of hydrogen-bond donors (Lipinski definition) is 4. The van der Waals surface area contributed by atoms with Gasteiger partial charge in [-0.25, -0.2) is 0 Å². The molecular formula is C48H92O12S. The molecule has 0 aromatic carbocycles. The molecule has 1 aliphatic rings. The Bertz CT molecular complexity index is 1140. The van der Waals surface area contributed by atoms with Gasteiger partial charge in [-0.15, -0.1) is 0 Å². The summed E-state index contributed by atoms with van der Waals surface area (Å²) in [4.78, 5) is 25.5. The van der Waals surface area contributed by atoms with Gasteiger partial charge >= 0.3 is 11.9 Å². The molecule has 6 atom stereocenters. The summed E-state index contributed by atoms with van der Waals surface area (Å²) in [5, 5.41) is 30.9. The van der Waals surface area contributed by atoms with Gasteiger partial charge in [-0.2, -0.15) is 8.42 Å². The number of hydrogen-bond acceptors (Lipinski definition) is 11. The van der Waals surface area contributed by atoms with Crippen molar-refractivity contribution in [3.05, 3.63) is 0 Å². The van der Waals surface area contributed by atoms with Crippen molar-refractivity contribution >= 4 is 22.1 Å². The molecule has 0 saturated carbocycles. The third-order valence-corrected chi connectivity index (χ3v) is 12.7. The molecule has 1 rings (SSSR count). The number of aliphatic hydroxyl groups is 3. The summed E-state index contributed by atoms with van der Waals surface area (Å²) >= 11 is 0. The van der Waals surface area contributed by atoms with Crippen molar-refractivity contribution in [2.75, 3.05) is 19.0 Å². The molecule has 12 nitrogen and oxygen atoms in total. The molecule has 362 valence electrons. The highest BCUT2D eigenvalue weighted by molar-refractivity contribution is 7.85. The summed E-state index contributed by atoms with van der Waals surface area (Å²) in [6.07, 6.45) is 31.4. The maximum Gasteiger partial charge on any atom is 0.306 e. The average Bonchev–Trinajstić information content (AvgIpc) is 3.22. The van der Waals surface area contributed by atoms with E-state index in [2.05, 4.69) is 13.8 Å². The van der Waals surface area contributed by atoms with Crippen LogP contribution in [0.25, 0.3) is 0 Å². The van der Waals surface area contributed by atoms with Crippen molar-refractivity contribution in [2.24, 2.45) is 0 Å². The van der Waals surface area contributed by atoms with Crippen LogP contribution in [0.15, 0.2) is 0 Å². The minimum Gasteiger partial charge on any atom is -0.462 e. The Balaban J connectivity index is 2.37. The predicted octanol–water partition coefficient (Wildman–Crippen LogP) is 10.8. The Morgan fingerprint density at radius 2 is 0.836 bits per heavy atom. The van der Waals surface area contributed by atoms with Crippen LogP contribution in [0.2, 0.25) is 0 Å². The summed E-state index contributed by atoms with van der Waals surface area (Å²) in [5.74, 6) is -1.96. The number of ether oxygens (including phenoxy) is 4. The van der Waals surface area contributed by atoms with Crippen molar-refractivity contribution in [1.82, 2.24) is 0 Å². The summed E-state index contributed by atoms with van der Waals surface area (Å²) in [6.45, 7) is 3.80. The van der Waals surface area contributed by atoms with Crippen LogP contribution in [0.1, 0.15) is 239 Å². The molecule has 4 N–H and O–H groups in total. The van der Waals surface area contributed by atoms with Crippen LogP contribution in [0.3, 0.4) is 0 Å². The zero-order valence-corrected chi connectivity index (χ0v) is 39.6. The second-order valence-electron chi connectivity index (χ2n) is 17.9. The number of unbranched alkanes of at least 4 members (excludes halogenated alkanes) is 31. The first-order chi connectivity index (χ1) is 29.5. The van der Waals surface area contributed by atoms with E-state index in [1.54, 1.807) is 0 Å². The lowest BCUT2D eigenvalue weighted by atomic mass is 10.00. The number of carbonyl (C=O) groups is 2. The summed E-state index contributed by atoms with van der Waals surface area (Å²) in [5.41, 5.74) is 0. The Hall–Kier alpha value is -1.35. The van der Waals surface area contributed by atoms with Gasteiger partial charge in [-0.05, 0) is 12.8 Å². The minimum absolute atomic E-state index is 0.173. The van der Waals surface area contributed by atoms with Crippen molar-refractivity contribution in [3.8, 4) is 0 Å². The molecule has 0 aromatic heterocycles. The van der Waals surface area contributed by atoms with Gasteiger partial charge in [0.15, 0.2) is 12.4 Å². The molecule has 2 unspecified atom stereocenters. The smallest absolute Gasteiger partial charge is 0.306 e. The first kappa shape index (κ1) is 57.7. The Morgan fingerprint density at radius 1 is 0.492 bits per heavy atom. The van der Waals surface area contributed by atoms with E-state index in [9.17, 15) is 37.9 Å². The van der Waals surface area contributed by atoms with Gasteiger partial charge in [-0.1, -0.05) is 213 Å². The number of rotatable bonds is 43. The molecule has 1 aliphatic heterocycles. The monoisotopic (exact) mass is 893 g/mol. The van der Waals surface area contributed by atoms with Crippen molar-refractivity contribution < 1.29 is 56.8 Å². The van der Waals surface area contributed by atoms with Gasteiger partial charge in [0.25, 0.3) is 10.1 Å². The van der Waals surface area contributed by atoms with Crippen LogP contribution in [0, 0.1) is 0 Å².